The van der Waals surface area contributed by atoms with Gasteiger partial charge in [0.2, 0.25) is 0 Å². The van der Waals surface area contributed by atoms with Crippen LogP contribution in [0.15, 0.2) is 0 Å². The molecule has 0 aromatic rings. The second-order valence-electron chi connectivity index (χ2n) is 4.66. The van der Waals surface area contributed by atoms with E-state index in [0.29, 0.717) is 6.04 Å². The fourth-order valence-corrected chi connectivity index (χ4v) is 2.32. The first-order valence-electron chi connectivity index (χ1n) is 6.12. The van der Waals surface area contributed by atoms with Crippen LogP contribution in [0.1, 0.15) is 19.3 Å². The van der Waals surface area contributed by atoms with Crippen molar-refractivity contribution in [3.05, 3.63) is 0 Å². The molecule has 2 aliphatic rings. The summed E-state index contributed by atoms with van der Waals surface area (Å²) in [6, 6.07) is 0.674. The van der Waals surface area contributed by atoms with Gasteiger partial charge in [-0.25, -0.2) is 5.01 Å². The molecule has 0 saturated carbocycles. The number of rotatable bonds is 2. The number of hydrogen-bond donors (Lipinski definition) is 1. The zero-order valence-electron chi connectivity index (χ0n) is 9.74. The first-order chi connectivity index (χ1) is 7.34. The standard InChI is InChI=1S/C11H23N3O/c1-13-5-2-3-11(4-6-13)12-14-7-9-15-10-8-14/h11-12H,2-10H2,1H3. The molecule has 1 unspecified atom stereocenters. The van der Waals surface area contributed by atoms with Crippen LogP contribution in [0.2, 0.25) is 0 Å². The number of hydrazine groups is 1. The van der Waals surface area contributed by atoms with Gasteiger partial charge in [0.25, 0.3) is 0 Å². The smallest absolute Gasteiger partial charge is 0.0608 e. The summed E-state index contributed by atoms with van der Waals surface area (Å²) in [5.41, 5.74) is 3.64. The Morgan fingerprint density at radius 3 is 2.67 bits per heavy atom. The Morgan fingerprint density at radius 1 is 1.07 bits per heavy atom. The summed E-state index contributed by atoms with van der Waals surface area (Å²) in [6.45, 7) is 6.29. The summed E-state index contributed by atoms with van der Waals surface area (Å²) in [7, 11) is 2.22. The van der Waals surface area contributed by atoms with Gasteiger partial charge in [-0.05, 0) is 39.4 Å². The second-order valence-corrected chi connectivity index (χ2v) is 4.66. The van der Waals surface area contributed by atoms with Crippen molar-refractivity contribution < 1.29 is 4.74 Å². The molecule has 0 aliphatic carbocycles. The van der Waals surface area contributed by atoms with Crippen LogP contribution < -0.4 is 5.43 Å². The molecular formula is C11H23N3O. The lowest BCUT2D eigenvalue weighted by Gasteiger charge is -2.31. The Kier molecular flexibility index (Phi) is 4.38. The maximum absolute atomic E-state index is 5.34. The molecule has 88 valence electrons. The minimum Gasteiger partial charge on any atom is -0.379 e. The lowest BCUT2D eigenvalue weighted by atomic mass is 10.1. The van der Waals surface area contributed by atoms with Crippen LogP contribution >= 0.6 is 0 Å². The zero-order valence-corrected chi connectivity index (χ0v) is 9.74. The van der Waals surface area contributed by atoms with Gasteiger partial charge in [-0.3, -0.25) is 5.43 Å². The van der Waals surface area contributed by atoms with E-state index in [4.69, 9.17) is 4.74 Å². The van der Waals surface area contributed by atoms with Crippen LogP contribution in [0.25, 0.3) is 0 Å². The fraction of sp³-hybridized carbons (Fsp3) is 1.00. The SMILES string of the molecule is CN1CCCC(NN2CCOCC2)CC1. The molecule has 4 heteroatoms. The monoisotopic (exact) mass is 213 g/mol. The average molecular weight is 213 g/mol. The van der Waals surface area contributed by atoms with E-state index in [0.717, 1.165) is 26.3 Å². The molecule has 1 atom stereocenters. The molecule has 2 fully saturated rings. The van der Waals surface area contributed by atoms with Crippen molar-refractivity contribution in [2.24, 2.45) is 0 Å². The van der Waals surface area contributed by atoms with E-state index in [2.05, 4.69) is 22.4 Å². The summed E-state index contributed by atoms with van der Waals surface area (Å²) < 4.78 is 5.34. The molecule has 15 heavy (non-hydrogen) atoms. The molecule has 4 nitrogen and oxygen atoms in total. The van der Waals surface area contributed by atoms with E-state index in [1.54, 1.807) is 0 Å². The predicted molar refractivity (Wildman–Crippen MR) is 60.7 cm³/mol. The molecule has 0 radical (unpaired) electrons. The Morgan fingerprint density at radius 2 is 1.87 bits per heavy atom. The minimum atomic E-state index is 0.674. The molecule has 2 aliphatic heterocycles. The van der Waals surface area contributed by atoms with Gasteiger partial charge in [-0.15, -0.1) is 0 Å². The van der Waals surface area contributed by atoms with Crippen molar-refractivity contribution in [3.63, 3.8) is 0 Å². The first-order valence-corrected chi connectivity index (χ1v) is 6.12. The van der Waals surface area contributed by atoms with E-state index < -0.39 is 0 Å². The number of morpholine rings is 1. The Labute approximate surface area is 92.5 Å². The van der Waals surface area contributed by atoms with Gasteiger partial charge < -0.3 is 9.64 Å². The van der Waals surface area contributed by atoms with Crippen LogP contribution in [0.5, 0.6) is 0 Å². The number of nitrogens with one attached hydrogen (secondary N) is 1. The van der Waals surface area contributed by atoms with Crippen molar-refractivity contribution in [3.8, 4) is 0 Å². The Bertz CT molecular complexity index is 183. The van der Waals surface area contributed by atoms with Crippen molar-refractivity contribution >= 4 is 0 Å². The van der Waals surface area contributed by atoms with Gasteiger partial charge in [0, 0.05) is 19.1 Å². The van der Waals surface area contributed by atoms with Gasteiger partial charge in [0.05, 0.1) is 13.2 Å². The topological polar surface area (TPSA) is 27.7 Å². The third-order valence-corrected chi connectivity index (χ3v) is 3.33. The maximum atomic E-state index is 5.34. The molecular weight excluding hydrogens is 190 g/mol. The van der Waals surface area contributed by atoms with Gasteiger partial charge >= 0.3 is 0 Å². The van der Waals surface area contributed by atoms with Crippen LogP contribution in [-0.2, 0) is 4.74 Å². The number of hydrogen-bond acceptors (Lipinski definition) is 4. The van der Waals surface area contributed by atoms with E-state index in [-0.39, 0.29) is 0 Å². The van der Waals surface area contributed by atoms with Gasteiger partial charge in [-0.1, -0.05) is 0 Å². The third-order valence-electron chi connectivity index (χ3n) is 3.33. The third kappa shape index (κ3) is 3.72. The van der Waals surface area contributed by atoms with Crippen LogP contribution in [0.4, 0.5) is 0 Å². The summed E-state index contributed by atoms with van der Waals surface area (Å²) in [5, 5.41) is 2.33. The lowest BCUT2D eigenvalue weighted by molar-refractivity contribution is 0.00242. The minimum absolute atomic E-state index is 0.674. The van der Waals surface area contributed by atoms with Crippen molar-refractivity contribution in [1.29, 1.82) is 0 Å². The van der Waals surface area contributed by atoms with Crippen molar-refractivity contribution in [2.75, 3.05) is 46.4 Å². The number of ether oxygens (including phenoxy) is 1. The van der Waals surface area contributed by atoms with E-state index in [1.807, 2.05) is 0 Å². The average Bonchev–Trinajstić information content (AvgIpc) is 2.46. The highest BCUT2D eigenvalue weighted by Gasteiger charge is 2.18. The highest BCUT2D eigenvalue weighted by molar-refractivity contribution is 4.73. The van der Waals surface area contributed by atoms with Crippen molar-refractivity contribution in [2.45, 2.75) is 25.3 Å². The molecule has 0 aromatic carbocycles. The Balaban J connectivity index is 1.72. The molecule has 2 rings (SSSR count). The molecule has 0 amide bonds. The normalized spacial score (nSPS) is 31.4. The van der Waals surface area contributed by atoms with E-state index in [9.17, 15) is 0 Å². The number of nitrogens with zero attached hydrogens (tertiary/aromatic N) is 2. The van der Waals surface area contributed by atoms with Gasteiger partial charge in [-0.2, -0.15) is 0 Å². The lowest BCUT2D eigenvalue weighted by Crippen LogP contribution is -2.50. The van der Waals surface area contributed by atoms with Crippen LogP contribution in [-0.4, -0.2) is 62.4 Å². The first kappa shape index (κ1) is 11.3. The van der Waals surface area contributed by atoms with Crippen LogP contribution in [0.3, 0.4) is 0 Å². The highest BCUT2D eigenvalue weighted by atomic mass is 16.5. The molecule has 2 heterocycles. The zero-order chi connectivity index (χ0) is 10.5. The van der Waals surface area contributed by atoms with Crippen molar-refractivity contribution in [1.82, 2.24) is 15.3 Å². The largest absolute Gasteiger partial charge is 0.379 e. The Hall–Kier alpha value is -0.160. The van der Waals surface area contributed by atoms with Gasteiger partial charge in [0.15, 0.2) is 0 Å². The number of likely N-dealkylation sites (tertiary alicyclic amines) is 1. The summed E-state index contributed by atoms with van der Waals surface area (Å²) in [6.07, 6.45) is 3.90. The quantitative estimate of drug-likeness (QED) is 0.714. The van der Waals surface area contributed by atoms with Gasteiger partial charge in [0.1, 0.15) is 0 Å². The van der Waals surface area contributed by atoms with E-state index >= 15 is 0 Å². The molecule has 1 N–H and O–H groups in total. The molecule has 2 saturated heterocycles. The molecule has 0 bridgehead atoms. The summed E-state index contributed by atoms with van der Waals surface area (Å²) in [5.74, 6) is 0. The summed E-state index contributed by atoms with van der Waals surface area (Å²) >= 11 is 0. The molecule has 0 spiro atoms. The second kappa shape index (κ2) is 5.80. The van der Waals surface area contributed by atoms with Crippen LogP contribution in [0, 0.1) is 0 Å². The maximum Gasteiger partial charge on any atom is 0.0608 e. The van der Waals surface area contributed by atoms with E-state index in [1.165, 1.54) is 32.4 Å². The predicted octanol–water partition coefficient (Wildman–Crippen LogP) is 0.308. The summed E-state index contributed by atoms with van der Waals surface area (Å²) in [4.78, 5) is 2.43. The highest BCUT2D eigenvalue weighted by Crippen LogP contribution is 2.10. The molecule has 0 aromatic heterocycles. The fourth-order valence-electron chi connectivity index (χ4n) is 2.32.